The Morgan fingerprint density at radius 1 is 1.21 bits per heavy atom. The van der Waals surface area contributed by atoms with Crippen LogP contribution in [-0.2, 0) is 14.3 Å². The molecular formula is C17H31N3O4. The molecule has 0 spiro atoms. The Bertz CT molecular complexity index is 451. The predicted octanol–water partition coefficient (Wildman–Crippen LogP) is 1.62. The van der Waals surface area contributed by atoms with Crippen molar-refractivity contribution in [2.24, 2.45) is 5.92 Å². The number of amides is 3. The molecule has 24 heavy (non-hydrogen) atoms. The third-order valence-corrected chi connectivity index (χ3v) is 3.94. The predicted molar refractivity (Wildman–Crippen MR) is 91.5 cm³/mol. The lowest BCUT2D eigenvalue weighted by Crippen LogP contribution is -2.44. The highest BCUT2D eigenvalue weighted by atomic mass is 16.6. The first kappa shape index (κ1) is 20.3. The van der Waals surface area contributed by atoms with Gasteiger partial charge in [0, 0.05) is 46.6 Å². The molecule has 0 radical (unpaired) electrons. The van der Waals surface area contributed by atoms with Gasteiger partial charge in [-0.2, -0.15) is 0 Å². The number of carbonyl (C=O) groups excluding carboxylic acids is 3. The van der Waals surface area contributed by atoms with Gasteiger partial charge in [-0.1, -0.05) is 0 Å². The Kier molecular flexibility index (Phi) is 7.51. The minimum absolute atomic E-state index is 0.0262. The van der Waals surface area contributed by atoms with Gasteiger partial charge in [0.1, 0.15) is 5.60 Å². The molecule has 7 heteroatoms. The number of ether oxygens (including phenoxy) is 1. The maximum atomic E-state index is 12.0. The van der Waals surface area contributed by atoms with Crippen LogP contribution in [0.3, 0.4) is 0 Å². The molecule has 0 aliphatic carbocycles. The highest BCUT2D eigenvalue weighted by molar-refractivity contribution is 5.77. The van der Waals surface area contributed by atoms with Gasteiger partial charge in [0.05, 0.1) is 0 Å². The summed E-state index contributed by atoms with van der Waals surface area (Å²) >= 11 is 0. The number of likely N-dealkylation sites (tertiary alicyclic amines) is 1. The van der Waals surface area contributed by atoms with Gasteiger partial charge in [0.2, 0.25) is 11.8 Å². The Morgan fingerprint density at radius 2 is 1.79 bits per heavy atom. The molecule has 3 amide bonds. The van der Waals surface area contributed by atoms with Gasteiger partial charge in [0.25, 0.3) is 0 Å². The van der Waals surface area contributed by atoms with E-state index in [1.54, 1.807) is 16.8 Å². The second-order valence-electron chi connectivity index (χ2n) is 7.42. The fraction of sp³-hybridized carbons (Fsp3) is 0.824. The molecule has 1 aliphatic heterocycles. The number of nitrogens with zero attached hydrogens (tertiary/aromatic N) is 2. The van der Waals surface area contributed by atoms with E-state index < -0.39 is 5.60 Å². The number of hydrogen-bond donors (Lipinski definition) is 1. The summed E-state index contributed by atoms with van der Waals surface area (Å²) in [5, 5.41) is 2.63. The monoisotopic (exact) mass is 341 g/mol. The van der Waals surface area contributed by atoms with Crippen LogP contribution in [0.1, 0.15) is 47.0 Å². The van der Waals surface area contributed by atoms with Crippen molar-refractivity contribution in [3.63, 3.8) is 0 Å². The summed E-state index contributed by atoms with van der Waals surface area (Å²) in [6.07, 6.45) is 1.78. The van der Waals surface area contributed by atoms with Crippen LogP contribution in [0.5, 0.6) is 0 Å². The Hall–Kier alpha value is -1.79. The van der Waals surface area contributed by atoms with Crippen molar-refractivity contribution in [2.45, 2.75) is 52.6 Å². The van der Waals surface area contributed by atoms with Crippen molar-refractivity contribution in [1.82, 2.24) is 15.1 Å². The quantitative estimate of drug-likeness (QED) is 0.824. The van der Waals surface area contributed by atoms with Crippen molar-refractivity contribution < 1.29 is 19.1 Å². The fourth-order valence-electron chi connectivity index (χ4n) is 2.65. The van der Waals surface area contributed by atoms with E-state index in [-0.39, 0.29) is 17.9 Å². The smallest absolute Gasteiger partial charge is 0.410 e. The first-order valence-corrected chi connectivity index (χ1v) is 8.55. The van der Waals surface area contributed by atoms with Crippen LogP contribution < -0.4 is 5.32 Å². The maximum absolute atomic E-state index is 12.0. The van der Waals surface area contributed by atoms with Crippen LogP contribution in [0, 0.1) is 5.92 Å². The van der Waals surface area contributed by atoms with Gasteiger partial charge >= 0.3 is 6.09 Å². The normalized spacial score (nSPS) is 15.8. The van der Waals surface area contributed by atoms with Crippen molar-refractivity contribution in [1.29, 1.82) is 0 Å². The molecule has 0 unspecified atom stereocenters. The van der Waals surface area contributed by atoms with E-state index in [1.165, 1.54) is 6.92 Å². The molecule has 1 aliphatic rings. The zero-order valence-corrected chi connectivity index (χ0v) is 15.6. The third kappa shape index (κ3) is 7.66. The van der Waals surface area contributed by atoms with E-state index in [2.05, 4.69) is 5.32 Å². The van der Waals surface area contributed by atoms with Gasteiger partial charge in [0.15, 0.2) is 0 Å². The minimum atomic E-state index is -0.478. The van der Waals surface area contributed by atoms with Gasteiger partial charge in [-0.05, 0) is 39.5 Å². The lowest BCUT2D eigenvalue weighted by Gasteiger charge is -2.34. The maximum Gasteiger partial charge on any atom is 0.410 e. The molecule has 1 fully saturated rings. The number of carbonyl (C=O) groups is 3. The first-order chi connectivity index (χ1) is 11.1. The van der Waals surface area contributed by atoms with Gasteiger partial charge in [-0.3, -0.25) is 9.59 Å². The van der Waals surface area contributed by atoms with Crippen LogP contribution in [0.25, 0.3) is 0 Å². The second-order valence-corrected chi connectivity index (χ2v) is 7.42. The third-order valence-electron chi connectivity index (χ3n) is 3.94. The average Bonchev–Trinajstić information content (AvgIpc) is 2.45. The van der Waals surface area contributed by atoms with Crippen molar-refractivity contribution in [3.05, 3.63) is 0 Å². The van der Waals surface area contributed by atoms with Crippen LogP contribution in [0.15, 0.2) is 0 Å². The summed E-state index contributed by atoms with van der Waals surface area (Å²) in [4.78, 5) is 38.3. The summed E-state index contributed by atoms with van der Waals surface area (Å²) in [5.74, 6) is 0.289. The van der Waals surface area contributed by atoms with Gasteiger partial charge < -0.3 is 19.9 Å². The first-order valence-electron chi connectivity index (χ1n) is 8.55. The Morgan fingerprint density at radius 3 is 2.29 bits per heavy atom. The molecule has 0 aromatic carbocycles. The summed E-state index contributed by atoms with van der Waals surface area (Å²) < 4.78 is 5.38. The Labute approximate surface area is 144 Å². The van der Waals surface area contributed by atoms with Crippen LogP contribution >= 0.6 is 0 Å². The number of rotatable bonds is 5. The van der Waals surface area contributed by atoms with Crippen LogP contribution in [0.2, 0.25) is 0 Å². The summed E-state index contributed by atoms with van der Waals surface area (Å²) in [5.41, 5.74) is -0.478. The van der Waals surface area contributed by atoms with Crippen LogP contribution in [-0.4, -0.2) is 66.5 Å². The van der Waals surface area contributed by atoms with Crippen molar-refractivity contribution in [3.8, 4) is 0 Å². The molecule has 0 aromatic rings. The molecular weight excluding hydrogens is 310 g/mol. The SMILES string of the molecule is CC(=O)NCCC(=O)N(C)CC1CCN(C(=O)OC(C)(C)C)CC1. The molecule has 1 rings (SSSR count). The molecule has 7 nitrogen and oxygen atoms in total. The molecule has 1 saturated heterocycles. The second kappa shape index (κ2) is 8.89. The molecule has 0 saturated carbocycles. The van der Waals surface area contributed by atoms with Crippen molar-refractivity contribution in [2.75, 3.05) is 33.2 Å². The van der Waals surface area contributed by atoms with E-state index in [0.717, 1.165) is 12.8 Å². The summed E-state index contributed by atoms with van der Waals surface area (Å²) in [6.45, 7) is 9.39. The lowest BCUT2D eigenvalue weighted by atomic mass is 9.96. The molecule has 0 atom stereocenters. The van der Waals surface area contributed by atoms with E-state index in [1.807, 2.05) is 20.8 Å². The molecule has 138 valence electrons. The molecule has 1 N–H and O–H groups in total. The number of hydrogen-bond acceptors (Lipinski definition) is 4. The summed E-state index contributed by atoms with van der Waals surface area (Å²) in [6, 6.07) is 0. The Balaban J connectivity index is 2.31. The van der Waals surface area contributed by atoms with E-state index >= 15 is 0 Å². The topological polar surface area (TPSA) is 79.0 Å². The van der Waals surface area contributed by atoms with Gasteiger partial charge in [-0.25, -0.2) is 4.79 Å². The standard InChI is InChI=1S/C17H31N3O4/c1-13(21)18-9-6-15(22)19(5)12-14-7-10-20(11-8-14)16(23)24-17(2,3)4/h14H,6-12H2,1-5H3,(H,18,21). The van der Waals surface area contributed by atoms with E-state index in [9.17, 15) is 14.4 Å². The molecule has 0 bridgehead atoms. The molecule has 0 aromatic heterocycles. The zero-order valence-electron chi connectivity index (χ0n) is 15.6. The average molecular weight is 341 g/mol. The molecule has 1 heterocycles. The lowest BCUT2D eigenvalue weighted by molar-refractivity contribution is -0.130. The fourth-order valence-corrected chi connectivity index (χ4v) is 2.65. The largest absolute Gasteiger partial charge is 0.444 e. The number of nitrogens with one attached hydrogen (secondary N) is 1. The summed E-state index contributed by atoms with van der Waals surface area (Å²) in [7, 11) is 1.79. The number of piperidine rings is 1. The highest BCUT2D eigenvalue weighted by Gasteiger charge is 2.27. The minimum Gasteiger partial charge on any atom is -0.444 e. The van der Waals surface area contributed by atoms with Gasteiger partial charge in [-0.15, -0.1) is 0 Å². The van der Waals surface area contributed by atoms with E-state index in [0.29, 0.717) is 38.5 Å². The van der Waals surface area contributed by atoms with E-state index in [4.69, 9.17) is 4.74 Å². The highest BCUT2D eigenvalue weighted by Crippen LogP contribution is 2.20. The van der Waals surface area contributed by atoms with Crippen LogP contribution in [0.4, 0.5) is 4.79 Å². The zero-order chi connectivity index (χ0) is 18.3. The van der Waals surface area contributed by atoms with Crippen molar-refractivity contribution >= 4 is 17.9 Å².